The molecule has 1 aliphatic carbocycles. The van der Waals surface area contributed by atoms with Gasteiger partial charge in [0.1, 0.15) is 18.1 Å². The molecule has 9 N–H and O–H groups in total. The van der Waals surface area contributed by atoms with Crippen LogP contribution < -0.4 is 37.6 Å². The quantitative estimate of drug-likeness (QED) is 0.0864. The van der Waals surface area contributed by atoms with Crippen molar-refractivity contribution in [3.05, 3.63) is 102 Å². The monoisotopic (exact) mass is 852 g/mol. The summed E-state index contributed by atoms with van der Waals surface area (Å²) < 4.78 is 0. The minimum atomic E-state index is -1.38. The van der Waals surface area contributed by atoms with Gasteiger partial charge in [-0.3, -0.25) is 33.6 Å². The Kier molecular flexibility index (Phi) is 16.3. The Balaban J connectivity index is 1.34. The zero-order valence-corrected chi connectivity index (χ0v) is 34.3. The summed E-state index contributed by atoms with van der Waals surface area (Å²) in [6, 6.07) is 15.9. The summed E-state index contributed by atoms with van der Waals surface area (Å²) in [5.41, 5.74) is 5.97. The number of rotatable bonds is 18. The lowest BCUT2D eigenvalue weighted by Crippen LogP contribution is -2.58. The van der Waals surface area contributed by atoms with E-state index in [4.69, 9.17) is 5.73 Å². The molecule has 18 nitrogen and oxygen atoms in total. The molecule has 0 aromatic heterocycles. The van der Waals surface area contributed by atoms with Crippen molar-refractivity contribution in [2.24, 2.45) is 11.7 Å². The second-order valence-electron chi connectivity index (χ2n) is 15.3. The molecule has 3 aromatic rings. The Bertz CT molecular complexity index is 2130. The molecule has 5 atom stereocenters. The number of hydrogen-bond acceptors (Lipinski definition) is 9. The van der Waals surface area contributed by atoms with Gasteiger partial charge in [-0.15, -0.1) is 0 Å². The molecule has 5 unspecified atom stereocenters. The number of carboxylic acid groups (broad SMARTS) is 1. The highest BCUT2D eigenvalue weighted by atomic mass is 16.4. The van der Waals surface area contributed by atoms with Crippen LogP contribution in [0.1, 0.15) is 90.6 Å². The first-order valence-corrected chi connectivity index (χ1v) is 20.6. The number of nitrogens with two attached hydrogens (primary N) is 1. The van der Waals surface area contributed by atoms with Gasteiger partial charge >= 0.3 is 12.0 Å². The number of carboxylic acids is 1. The summed E-state index contributed by atoms with van der Waals surface area (Å²) in [7, 11) is 0. The number of anilines is 1. The van der Waals surface area contributed by atoms with Crippen molar-refractivity contribution in [2.75, 3.05) is 18.4 Å². The zero-order valence-electron chi connectivity index (χ0n) is 34.3. The number of benzene rings is 3. The average Bonchev–Trinajstić information content (AvgIpc) is 3.70. The molecule has 0 radical (unpaired) electrons. The third kappa shape index (κ3) is 12.2. The molecule has 62 heavy (non-hydrogen) atoms. The number of urea groups is 1. The Morgan fingerprint density at radius 3 is 2.05 bits per heavy atom. The van der Waals surface area contributed by atoms with Gasteiger partial charge in [0.2, 0.25) is 29.4 Å². The van der Waals surface area contributed by atoms with Gasteiger partial charge in [-0.25, -0.2) is 9.59 Å². The highest BCUT2D eigenvalue weighted by Crippen LogP contribution is 2.30. The van der Waals surface area contributed by atoms with E-state index in [1.807, 2.05) is 0 Å². The number of carbonyl (C=O) groups is 9. The minimum absolute atomic E-state index is 0.00746. The van der Waals surface area contributed by atoms with Crippen molar-refractivity contribution in [2.45, 2.75) is 88.5 Å². The Morgan fingerprint density at radius 1 is 0.790 bits per heavy atom. The number of primary amides is 1. The molecule has 3 aromatic carbocycles. The Hall–Kier alpha value is -7.11. The number of aromatic carboxylic acids is 1. The van der Waals surface area contributed by atoms with E-state index in [1.165, 1.54) is 29.2 Å². The number of ketones is 1. The molecule has 2 aliphatic rings. The van der Waals surface area contributed by atoms with E-state index in [1.54, 1.807) is 67.6 Å². The van der Waals surface area contributed by atoms with Crippen molar-refractivity contribution in [3.8, 4) is 0 Å². The molecule has 1 aliphatic heterocycles. The van der Waals surface area contributed by atoms with Crippen LogP contribution in [0.2, 0.25) is 0 Å². The second-order valence-corrected chi connectivity index (χ2v) is 15.3. The third-order valence-electron chi connectivity index (χ3n) is 10.9. The van der Waals surface area contributed by atoms with Crippen LogP contribution in [-0.4, -0.2) is 100 Å². The maximum atomic E-state index is 14.8. The highest BCUT2D eigenvalue weighted by Gasteiger charge is 2.45. The molecule has 2 fully saturated rings. The normalized spacial score (nSPS) is 17.6. The zero-order chi connectivity index (χ0) is 44.8. The van der Waals surface area contributed by atoms with Gasteiger partial charge in [-0.2, -0.15) is 0 Å². The minimum Gasteiger partial charge on any atom is -0.478 e. The van der Waals surface area contributed by atoms with Crippen molar-refractivity contribution < 1.29 is 48.3 Å². The first-order chi connectivity index (χ1) is 29.8. The van der Waals surface area contributed by atoms with Crippen LogP contribution in [0, 0.1) is 5.92 Å². The van der Waals surface area contributed by atoms with Crippen LogP contribution >= 0.6 is 0 Å². The predicted octanol–water partition coefficient (Wildman–Crippen LogP) is 2.17. The SMILES string of the molecule is CCCC(NC(=O)C1CC(NC(=O)Nc2ccccc2)CN1C(=O)C(NC(=O)c1ccccc1C(=O)O)C1CCCCC1)C(=O)C(=O)NCC(=O)NC(C(N)=O)c1ccccc1. The average molecular weight is 853 g/mol. The molecular formula is C44H52N8O10. The Morgan fingerprint density at radius 2 is 1.42 bits per heavy atom. The van der Waals surface area contributed by atoms with E-state index in [0.717, 1.165) is 19.3 Å². The van der Waals surface area contributed by atoms with Gasteiger partial charge in [-0.05, 0) is 61.4 Å². The standard InChI is InChI=1S/C44H52N8O10/c1-2-14-32(37(54)41(58)46-24-34(53)50-35(38(45)55)26-15-6-3-7-16-26)49-40(57)33-23-29(48-44(62)47-28-19-10-5-11-20-28)25-52(33)42(59)36(27-17-8-4-9-18-27)51-39(56)30-21-12-13-22-31(30)43(60)61/h3,5-7,10-13,15-16,19-22,27,29,32-33,35-36H,2,4,8-9,14,17-18,23-25H2,1H3,(H2,45,55)(H,46,58)(H,49,57)(H,50,53)(H,51,56)(H,60,61)(H2,47,48,62). The topological polar surface area (TPSA) is 275 Å². The maximum absolute atomic E-state index is 14.8. The molecule has 5 rings (SSSR count). The fourth-order valence-electron chi connectivity index (χ4n) is 7.83. The molecule has 0 bridgehead atoms. The van der Waals surface area contributed by atoms with Gasteiger partial charge < -0.3 is 47.6 Å². The summed E-state index contributed by atoms with van der Waals surface area (Å²) in [6.45, 7) is 0.867. The van der Waals surface area contributed by atoms with Crippen LogP contribution in [0.3, 0.4) is 0 Å². The fourth-order valence-corrected chi connectivity index (χ4v) is 7.83. The van der Waals surface area contributed by atoms with E-state index >= 15 is 0 Å². The van der Waals surface area contributed by atoms with E-state index < -0.39 is 90.0 Å². The van der Waals surface area contributed by atoms with Gasteiger partial charge in [0.25, 0.3) is 11.8 Å². The van der Waals surface area contributed by atoms with Gasteiger partial charge in [0.15, 0.2) is 0 Å². The maximum Gasteiger partial charge on any atom is 0.336 e. The van der Waals surface area contributed by atoms with Crippen LogP contribution in [0.5, 0.6) is 0 Å². The number of para-hydroxylation sites is 1. The number of Topliss-reactive ketones (excluding diaryl/α,β-unsaturated/α-hetero) is 1. The van der Waals surface area contributed by atoms with E-state index in [2.05, 4.69) is 31.9 Å². The fraction of sp³-hybridized carbons (Fsp3) is 0.386. The molecule has 0 spiro atoms. The molecule has 1 heterocycles. The molecule has 1 saturated heterocycles. The van der Waals surface area contributed by atoms with Crippen molar-refractivity contribution in [1.82, 2.24) is 31.5 Å². The molecular weight excluding hydrogens is 801 g/mol. The molecule has 1 saturated carbocycles. The lowest BCUT2D eigenvalue weighted by Gasteiger charge is -2.35. The summed E-state index contributed by atoms with van der Waals surface area (Å²) in [4.78, 5) is 121. The smallest absolute Gasteiger partial charge is 0.336 e. The lowest BCUT2D eigenvalue weighted by molar-refractivity contribution is -0.143. The first-order valence-electron chi connectivity index (χ1n) is 20.6. The van der Waals surface area contributed by atoms with Crippen LogP contribution in [0.15, 0.2) is 84.9 Å². The van der Waals surface area contributed by atoms with E-state index in [0.29, 0.717) is 30.5 Å². The number of carbonyl (C=O) groups excluding carboxylic acids is 8. The van der Waals surface area contributed by atoms with Gasteiger partial charge in [-0.1, -0.05) is 93.3 Å². The van der Waals surface area contributed by atoms with Crippen LogP contribution in [0.4, 0.5) is 10.5 Å². The summed E-state index contributed by atoms with van der Waals surface area (Å²) in [5, 5.41) is 25.3. The van der Waals surface area contributed by atoms with Gasteiger partial charge in [0.05, 0.1) is 29.8 Å². The van der Waals surface area contributed by atoms with E-state index in [-0.39, 0.29) is 36.4 Å². The number of likely N-dealkylation sites (tertiary alicyclic amines) is 1. The molecule has 18 heteroatoms. The summed E-state index contributed by atoms with van der Waals surface area (Å²) in [6.07, 6.45) is 3.84. The summed E-state index contributed by atoms with van der Waals surface area (Å²) >= 11 is 0. The third-order valence-corrected chi connectivity index (χ3v) is 10.9. The van der Waals surface area contributed by atoms with Crippen molar-refractivity contribution in [1.29, 1.82) is 0 Å². The lowest BCUT2D eigenvalue weighted by atomic mass is 9.83. The van der Waals surface area contributed by atoms with Crippen LogP contribution in [0.25, 0.3) is 0 Å². The number of nitrogens with zero attached hydrogens (tertiary/aromatic N) is 1. The Labute approximate surface area is 358 Å². The van der Waals surface area contributed by atoms with E-state index in [9.17, 15) is 48.3 Å². The molecule has 8 amide bonds. The van der Waals surface area contributed by atoms with Crippen molar-refractivity contribution in [3.63, 3.8) is 0 Å². The first kappa shape index (κ1) is 46.0. The number of amides is 8. The largest absolute Gasteiger partial charge is 0.478 e. The number of nitrogens with one attached hydrogen (secondary N) is 6. The second kappa shape index (κ2) is 21.9. The van der Waals surface area contributed by atoms with Gasteiger partial charge in [0, 0.05) is 12.2 Å². The molecule has 328 valence electrons. The van der Waals surface area contributed by atoms with Crippen molar-refractivity contribution >= 4 is 58.9 Å². The predicted molar refractivity (Wildman–Crippen MR) is 225 cm³/mol. The number of hydrogen-bond donors (Lipinski definition) is 8. The summed E-state index contributed by atoms with van der Waals surface area (Å²) in [5.74, 6) is -7.84. The van der Waals surface area contributed by atoms with Crippen LogP contribution in [-0.2, 0) is 28.8 Å². The highest BCUT2D eigenvalue weighted by molar-refractivity contribution is 6.38.